The predicted molar refractivity (Wildman–Crippen MR) is 122 cm³/mol. The summed E-state index contributed by atoms with van der Waals surface area (Å²) >= 11 is 0. The first kappa shape index (κ1) is 22.1. The van der Waals surface area contributed by atoms with Crippen LogP contribution in [0.15, 0.2) is 24.3 Å². The number of halogens is 1. The number of nitrogens with one attached hydrogen (secondary N) is 1. The van der Waals surface area contributed by atoms with Crippen LogP contribution in [0.2, 0.25) is 0 Å². The van der Waals surface area contributed by atoms with Crippen molar-refractivity contribution in [3.05, 3.63) is 46.9 Å². The first-order valence-corrected chi connectivity index (χ1v) is 11.9. The molecule has 2 fully saturated rings. The molecule has 0 saturated heterocycles. The van der Waals surface area contributed by atoms with E-state index in [9.17, 15) is 14.3 Å². The molecular formula is C26H35FN2O2. The fourth-order valence-corrected chi connectivity index (χ4v) is 5.36. The van der Waals surface area contributed by atoms with Gasteiger partial charge in [-0.05, 0) is 69.2 Å². The second-order valence-corrected chi connectivity index (χ2v) is 9.53. The fourth-order valence-electron chi connectivity index (χ4n) is 5.36. The van der Waals surface area contributed by atoms with E-state index in [4.69, 9.17) is 0 Å². The summed E-state index contributed by atoms with van der Waals surface area (Å²) < 4.78 is 16.4. The summed E-state index contributed by atoms with van der Waals surface area (Å²) in [6.45, 7) is 4.84. The minimum absolute atomic E-state index is 0.138. The number of carbonyl (C=O) groups is 1. The summed E-state index contributed by atoms with van der Waals surface area (Å²) in [7, 11) is 0. The van der Waals surface area contributed by atoms with Gasteiger partial charge in [-0.25, -0.2) is 4.39 Å². The summed E-state index contributed by atoms with van der Waals surface area (Å²) in [5.74, 6) is 0.185. The molecule has 2 N–H and O–H groups in total. The third kappa shape index (κ3) is 4.87. The molecule has 0 aliphatic heterocycles. The topological polar surface area (TPSA) is 54.3 Å². The zero-order valence-electron chi connectivity index (χ0n) is 18.8. The molecule has 0 spiro atoms. The number of aromatic nitrogens is 1. The van der Waals surface area contributed by atoms with Gasteiger partial charge in [-0.2, -0.15) is 0 Å². The van der Waals surface area contributed by atoms with Gasteiger partial charge < -0.3 is 15.0 Å². The maximum atomic E-state index is 14.1. The number of benzene rings is 1. The van der Waals surface area contributed by atoms with E-state index >= 15 is 0 Å². The van der Waals surface area contributed by atoms with Gasteiger partial charge >= 0.3 is 0 Å². The highest BCUT2D eigenvalue weighted by Crippen LogP contribution is 2.33. The Labute approximate surface area is 184 Å². The molecular weight excluding hydrogens is 391 g/mol. The van der Waals surface area contributed by atoms with Gasteiger partial charge in [0.25, 0.3) is 5.91 Å². The number of amides is 1. The maximum absolute atomic E-state index is 14.1. The van der Waals surface area contributed by atoms with E-state index in [1.165, 1.54) is 38.2 Å². The van der Waals surface area contributed by atoms with E-state index in [1.807, 2.05) is 19.9 Å². The Bertz CT molecular complexity index is 930. The number of rotatable bonds is 5. The van der Waals surface area contributed by atoms with Crippen LogP contribution in [0.25, 0.3) is 11.3 Å². The molecule has 5 heteroatoms. The normalized spacial score (nSPS) is 22.5. The Morgan fingerprint density at radius 2 is 1.77 bits per heavy atom. The monoisotopic (exact) mass is 426 g/mol. The quantitative estimate of drug-likeness (QED) is 0.661. The van der Waals surface area contributed by atoms with Crippen LogP contribution in [0.4, 0.5) is 4.39 Å². The molecule has 0 bridgehead atoms. The van der Waals surface area contributed by atoms with E-state index in [-0.39, 0.29) is 17.8 Å². The average Bonchev–Trinajstić information content (AvgIpc) is 3.08. The summed E-state index contributed by atoms with van der Waals surface area (Å²) in [6.07, 6.45) is 9.32. The molecule has 1 aromatic carbocycles. The lowest BCUT2D eigenvalue weighted by Crippen LogP contribution is -2.45. The zero-order chi connectivity index (χ0) is 22.0. The lowest BCUT2D eigenvalue weighted by atomic mass is 9.89. The van der Waals surface area contributed by atoms with Gasteiger partial charge in [-0.3, -0.25) is 4.79 Å². The lowest BCUT2D eigenvalue weighted by molar-refractivity contribution is 0.0716. The van der Waals surface area contributed by atoms with Crippen LogP contribution in [0.3, 0.4) is 0 Å². The van der Waals surface area contributed by atoms with Crippen LogP contribution in [0.1, 0.15) is 79.4 Å². The van der Waals surface area contributed by atoms with E-state index in [0.29, 0.717) is 11.5 Å². The number of aliphatic hydroxyl groups is 1. The Kier molecular flexibility index (Phi) is 6.80. The molecule has 4 rings (SSSR count). The molecule has 1 amide bonds. The molecule has 4 nitrogen and oxygen atoms in total. The van der Waals surface area contributed by atoms with Crippen LogP contribution in [0.5, 0.6) is 0 Å². The van der Waals surface area contributed by atoms with Crippen LogP contribution in [-0.2, 0) is 6.54 Å². The van der Waals surface area contributed by atoms with Gasteiger partial charge in [0.2, 0.25) is 0 Å². The summed E-state index contributed by atoms with van der Waals surface area (Å²) in [5.41, 5.74) is 4.31. The molecule has 31 heavy (non-hydrogen) atoms. The highest BCUT2D eigenvalue weighted by molar-refractivity contribution is 5.97. The van der Waals surface area contributed by atoms with Gasteiger partial charge in [-0.15, -0.1) is 0 Å². The van der Waals surface area contributed by atoms with Crippen molar-refractivity contribution < 1.29 is 14.3 Å². The average molecular weight is 427 g/mol. The van der Waals surface area contributed by atoms with E-state index in [0.717, 1.165) is 54.7 Å². The van der Waals surface area contributed by atoms with Crippen LogP contribution >= 0.6 is 0 Å². The molecule has 2 aliphatic carbocycles. The zero-order valence-corrected chi connectivity index (χ0v) is 18.8. The number of hydrogen-bond donors (Lipinski definition) is 2. The molecule has 2 saturated carbocycles. The molecule has 0 radical (unpaired) electrons. The van der Waals surface area contributed by atoms with Crippen molar-refractivity contribution in [2.75, 3.05) is 0 Å². The van der Waals surface area contributed by atoms with Crippen LogP contribution in [-0.4, -0.2) is 27.7 Å². The van der Waals surface area contributed by atoms with Crippen LogP contribution in [0, 0.1) is 25.6 Å². The second-order valence-electron chi connectivity index (χ2n) is 9.53. The molecule has 1 heterocycles. The van der Waals surface area contributed by atoms with Gasteiger partial charge in [0.1, 0.15) is 5.82 Å². The van der Waals surface area contributed by atoms with Gasteiger partial charge in [0.05, 0.1) is 17.7 Å². The van der Waals surface area contributed by atoms with Crippen molar-refractivity contribution in [3.63, 3.8) is 0 Å². The Morgan fingerprint density at radius 3 is 2.52 bits per heavy atom. The summed E-state index contributed by atoms with van der Waals surface area (Å²) in [5, 5.41) is 13.4. The first-order valence-electron chi connectivity index (χ1n) is 11.9. The lowest BCUT2D eigenvalue weighted by Gasteiger charge is -2.28. The summed E-state index contributed by atoms with van der Waals surface area (Å²) in [6, 6.07) is 6.59. The molecule has 1 aromatic heterocycles. The van der Waals surface area contributed by atoms with Gasteiger partial charge in [-0.1, -0.05) is 38.2 Å². The van der Waals surface area contributed by atoms with Crippen LogP contribution < -0.4 is 5.32 Å². The van der Waals surface area contributed by atoms with Crippen molar-refractivity contribution in [3.8, 4) is 11.3 Å². The van der Waals surface area contributed by atoms with Crippen molar-refractivity contribution in [2.24, 2.45) is 5.92 Å². The molecule has 0 unspecified atom stereocenters. The highest BCUT2D eigenvalue weighted by Gasteiger charge is 2.28. The minimum atomic E-state index is -0.479. The standard InChI is InChI=1S/C26H35FN2O2/c1-17-12-13-20(27)14-21(17)24-15-22(26(31)28-23-10-6-7-11-25(23)30)18(2)29(24)16-19-8-4-3-5-9-19/h12-15,19,23,25,30H,3-11,16H2,1-2H3,(H,28,31)/t23-,25-/m1/s1. The van der Waals surface area contributed by atoms with Crippen molar-refractivity contribution in [1.29, 1.82) is 0 Å². The van der Waals surface area contributed by atoms with Gasteiger partial charge in [0, 0.05) is 23.5 Å². The second kappa shape index (κ2) is 9.56. The van der Waals surface area contributed by atoms with E-state index < -0.39 is 6.10 Å². The molecule has 2 atom stereocenters. The Morgan fingerprint density at radius 1 is 1.06 bits per heavy atom. The molecule has 168 valence electrons. The number of carbonyl (C=O) groups excluding carboxylic acids is 1. The number of aliphatic hydroxyl groups excluding tert-OH is 1. The summed E-state index contributed by atoms with van der Waals surface area (Å²) in [4.78, 5) is 13.2. The predicted octanol–water partition coefficient (Wildman–Crippen LogP) is 5.52. The van der Waals surface area contributed by atoms with E-state index in [2.05, 4.69) is 9.88 Å². The number of hydrogen-bond acceptors (Lipinski definition) is 2. The smallest absolute Gasteiger partial charge is 0.253 e. The number of nitrogens with zero attached hydrogens (tertiary/aromatic N) is 1. The fraction of sp³-hybridized carbons (Fsp3) is 0.577. The Hall–Kier alpha value is -2.14. The van der Waals surface area contributed by atoms with Gasteiger partial charge in [0.15, 0.2) is 0 Å². The molecule has 2 aromatic rings. The minimum Gasteiger partial charge on any atom is -0.391 e. The third-order valence-corrected chi connectivity index (χ3v) is 7.30. The molecule has 2 aliphatic rings. The van der Waals surface area contributed by atoms with Crippen molar-refractivity contribution in [2.45, 2.75) is 90.3 Å². The first-order chi connectivity index (χ1) is 14.9. The third-order valence-electron chi connectivity index (χ3n) is 7.30. The van der Waals surface area contributed by atoms with Crippen molar-refractivity contribution in [1.82, 2.24) is 9.88 Å². The number of aryl methyl sites for hydroxylation is 1. The van der Waals surface area contributed by atoms with E-state index in [1.54, 1.807) is 12.1 Å². The Balaban J connectivity index is 1.68. The largest absolute Gasteiger partial charge is 0.391 e. The highest BCUT2D eigenvalue weighted by atomic mass is 19.1. The SMILES string of the molecule is Cc1ccc(F)cc1-c1cc(C(=O)N[C@@H]2CCCC[C@H]2O)c(C)n1CC1CCCCC1. The van der Waals surface area contributed by atoms with Crippen molar-refractivity contribution >= 4 is 5.91 Å². The maximum Gasteiger partial charge on any atom is 0.253 e.